The van der Waals surface area contributed by atoms with Gasteiger partial charge >= 0.3 is 0 Å². The molecule has 0 aliphatic carbocycles. The normalized spacial score (nSPS) is 18.3. The molecular weight excluding hydrogens is 323 g/mol. The zero-order valence-corrected chi connectivity index (χ0v) is 13.3. The molecule has 5 nitrogen and oxygen atoms in total. The van der Waals surface area contributed by atoms with E-state index in [4.69, 9.17) is 23.2 Å². The van der Waals surface area contributed by atoms with Crippen LogP contribution in [0.5, 0.6) is 0 Å². The first kappa shape index (κ1) is 15.2. The lowest BCUT2D eigenvalue weighted by atomic mass is 9.96. The number of aromatic nitrogens is 3. The number of halogens is 2. The van der Waals surface area contributed by atoms with Gasteiger partial charge in [-0.1, -0.05) is 23.2 Å². The first-order valence-electron chi connectivity index (χ1n) is 7.04. The summed E-state index contributed by atoms with van der Waals surface area (Å²) in [6, 6.07) is 3.07. The lowest BCUT2D eigenvalue weighted by Crippen LogP contribution is -2.38. The highest BCUT2D eigenvalue weighted by atomic mass is 35.5. The van der Waals surface area contributed by atoms with Crippen LogP contribution in [0, 0.1) is 0 Å². The van der Waals surface area contributed by atoms with Gasteiger partial charge in [-0.25, -0.2) is 15.0 Å². The predicted octanol–water partition coefficient (Wildman–Crippen LogP) is 3.55. The van der Waals surface area contributed by atoms with E-state index in [9.17, 15) is 4.79 Å². The Morgan fingerprint density at radius 1 is 1.14 bits per heavy atom. The molecule has 1 saturated heterocycles. The fraction of sp³-hybridized carbons (Fsp3) is 0.333. The van der Waals surface area contributed by atoms with E-state index < -0.39 is 0 Å². The second-order valence-electron chi connectivity index (χ2n) is 5.18. The van der Waals surface area contributed by atoms with E-state index in [1.165, 1.54) is 6.33 Å². The number of carbonyl (C=O) groups excluding carboxylic acids is 1. The van der Waals surface area contributed by atoms with Crippen LogP contribution in [0.2, 0.25) is 10.3 Å². The zero-order chi connectivity index (χ0) is 15.5. The number of amides is 1. The van der Waals surface area contributed by atoms with Gasteiger partial charge in [-0.05, 0) is 31.4 Å². The number of nitrogens with zero attached hydrogens (tertiary/aromatic N) is 4. The van der Waals surface area contributed by atoms with Crippen molar-refractivity contribution in [1.29, 1.82) is 0 Å². The smallest absolute Gasteiger partial charge is 0.254 e. The van der Waals surface area contributed by atoms with Crippen molar-refractivity contribution in [1.82, 2.24) is 19.9 Å². The summed E-state index contributed by atoms with van der Waals surface area (Å²) in [6.45, 7) is 0.690. The average Bonchev–Trinajstić information content (AvgIpc) is 2.54. The molecule has 1 aliphatic rings. The van der Waals surface area contributed by atoms with Crippen LogP contribution in [0.1, 0.15) is 41.2 Å². The number of hydrogen-bond acceptors (Lipinski definition) is 4. The van der Waals surface area contributed by atoms with Gasteiger partial charge in [0.15, 0.2) is 0 Å². The van der Waals surface area contributed by atoms with Crippen molar-refractivity contribution >= 4 is 29.1 Å². The van der Waals surface area contributed by atoms with E-state index >= 15 is 0 Å². The molecule has 114 valence electrons. The van der Waals surface area contributed by atoms with E-state index in [-0.39, 0.29) is 22.3 Å². The second-order valence-corrected chi connectivity index (χ2v) is 5.96. The van der Waals surface area contributed by atoms with Crippen LogP contribution in [0.4, 0.5) is 0 Å². The Labute approximate surface area is 138 Å². The third-order valence-electron chi connectivity index (χ3n) is 3.74. The van der Waals surface area contributed by atoms with Gasteiger partial charge in [0.25, 0.3) is 5.91 Å². The van der Waals surface area contributed by atoms with Gasteiger partial charge in [-0.3, -0.25) is 4.79 Å². The summed E-state index contributed by atoms with van der Waals surface area (Å²) in [5, 5.41) is 0.430. The Kier molecular flexibility index (Phi) is 4.55. The molecule has 0 bridgehead atoms. The van der Waals surface area contributed by atoms with Gasteiger partial charge in [-0.2, -0.15) is 0 Å². The molecule has 3 heterocycles. The quantitative estimate of drug-likeness (QED) is 0.787. The first-order valence-corrected chi connectivity index (χ1v) is 7.80. The highest BCUT2D eigenvalue weighted by Crippen LogP contribution is 2.31. The van der Waals surface area contributed by atoms with Crippen LogP contribution in [-0.4, -0.2) is 32.3 Å². The van der Waals surface area contributed by atoms with E-state index in [1.807, 2.05) is 4.90 Å². The number of hydrogen-bond donors (Lipinski definition) is 0. The van der Waals surface area contributed by atoms with Crippen molar-refractivity contribution in [2.45, 2.75) is 25.3 Å². The lowest BCUT2D eigenvalue weighted by Gasteiger charge is -2.35. The molecule has 0 N–H and O–H groups in total. The van der Waals surface area contributed by atoms with Crippen molar-refractivity contribution in [2.75, 3.05) is 6.54 Å². The summed E-state index contributed by atoms with van der Waals surface area (Å²) in [5.74, 6) is -0.0975. The van der Waals surface area contributed by atoms with Crippen LogP contribution in [0.3, 0.4) is 0 Å². The van der Waals surface area contributed by atoms with Gasteiger partial charge in [0, 0.05) is 30.1 Å². The van der Waals surface area contributed by atoms with Crippen molar-refractivity contribution < 1.29 is 4.79 Å². The molecule has 0 aromatic carbocycles. The summed E-state index contributed by atoms with van der Waals surface area (Å²) >= 11 is 11.8. The van der Waals surface area contributed by atoms with Crippen LogP contribution in [0.25, 0.3) is 0 Å². The molecule has 22 heavy (non-hydrogen) atoms. The standard InChI is InChI=1S/C15H14Cl2N4O/c16-13-5-10(6-14(17)20-13)15(22)21-4-2-1-3-12(21)11-7-18-9-19-8-11/h5-9,12H,1-4H2. The Morgan fingerprint density at radius 3 is 2.50 bits per heavy atom. The topological polar surface area (TPSA) is 59.0 Å². The molecule has 1 fully saturated rings. The molecular formula is C15H14Cl2N4O. The highest BCUT2D eigenvalue weighted by Gasteiger charge is 2.29. The molecule has 7 heteroatoms. The summed E-state index contributed by atoms with van der Waals surface area (Å²) in [4.78, 5) is 26.7. The maximum atomic E-state index is 12.8. The number of likely N-dealkylation sites (tertiary alicyclic amines) is 1. The monoisotopic (exact) mass is 336 g/mol. The molecule has 0 saturated carbocycles. The van der Waals surface area contributed by atoms with Gasteiger partial charge in [-0.15, -0.1) is 0 Å². The van der Waals surface area contributed by atoms with Gasteiger partial charge in [0.1, 0.15) is 16.6 Å². The maximum Gasteiger partial charge on any atom is 0.254 e. The van der Waals surface area contributed by atoms with Crippen molar-refractivity contribution in [3.8, 4) is 0 Å². The molecule has 0 radical (unpaired) electrons. The SMILES string of the molecule is O=C(c1cc(Cl)nc(Cl)c1)N1CCCCC1c1cncnc1. The summed E-state index contributed by atoms with van der Waals surface area (Å²) in [7, 11) is 0. The highest BCUT2D eigenvalue weighted by molar-refractivity contribution is 6.33. The van der Waals surface area contributed by atoms with Crippen LogP contribution in [0.15, 0.2) is 30.9 Å². The number of rotatable bonds is 2. The van der Waals surface area contributed by atoms with Gasteiger partial charge in [0.05, 0.1) is 6.04 Å². The van der Waals surface area contributed by atoms with Crippen molar-refractivity contribution in [2.24, 2.45) is 0 Å². The number of pyridine rings is 1. The fourth-order valence-corrected chi connectivity index (χ4v) is 3.22. The Hall–Kier alpha value is -1.72. The Bertz CT molecular complexity index is 660. The molecule has 3 rings (SSSR count). The molecule has 1 unspecified atom stereocenters. The van der Waals surface area contributed by atoms with E-state index in [2.05, 4.69) is 15.0 Å². The van der Waals surface area contributed by atoms with E-state index in [0.29, 0.717) is 12.1 Å². The molecule has 1 atom stereocenters. The van der Waals surface area contributed by atoms with E-state index in [0.717, 1.165) is 24.8 Å². The third kappa shape index (κ3) is 3.20. The third-order valence-corrected chi connectivity index (χ3v) is 4.13. The number of piperidine rings is 1. The summed E-state index contributed by atoms with van der Waals surface area (Å²) in [6.07, 6.45) is 7.95. The van der Waals surface area contributed by atoms with E-state index in [1.54, 1.807) is 24.5 Å². The second kappa shape index (κ2) is 6.58. The summed E-state index contributed by atoms with van der Waals surface area (Å²) < 4.78 is 0. The predicted molar refractivity (Wildman–Crippen MR) is 83.9 cm³/mol. The summed E-state index contributed by atoms with van der Waals surface area (Å²) in [5.41, 5.74) is 1.40. The number of carbonyl (C=O) groups is 1. The molecule has 0 spiro atoms. The molecule has 1 aliphatic heterocycles. The minimum absolute atomic E-state index is 0.0202. The Balaban J connectivity index is 1.91. The van der Waals surface area contributed by atoms with Crippen molar-refractivity contribution in [3.63, 3.8) is 0 Å². The van der Waals surface area contributed by atoms with Crippen LogP contribution >= 0.6 is 23.2 Å². The van der Waals surface area contributed by atoms with Crippen molar-refractivity contribution in [3.05, 3.63) is 52.3 Å². The minimum Gasteiger partial charge on any atom is -0.331 e. The lowest BCUT2D eigenvalue weighted by molar-refractivity contribution is 0.0610. The zero-order valence-electron chi connectivity index (χ0n) is 11.7. The molecule has 2 aromatic heterocycles. The largest absolute Gasteiger partial charge is 0.331 e. The minimum atomic E-state index is -0.0975. The first-order chi connectivity index (χ1) is 10.6. The van der Waals surface area contributed by atoms with Crippen LogP contribution < -0.4 is 0 Å². The van der Waals surface area contributed by atoms with Gasteiger partial charge in [0.2, 0.25) is 0 Å². The van der Waals surface area contributed by atoms with Gasteiger partial charge < -0.3 is 4.90 Å². The maximum absolute atomic E-state index is 12.8. The fourth-order valence-electron chi connectivity index (χ4n) is 2.76. The molecule has 1 amide bonds. The van der Waals surface area contributed by atoms with Crippen LogP contribution in [-0.2, 0) is 0 Å². The Morgan fingerprint density at radius 2 is 1.82 bits per heavy atom. The molecule has 2 aromatic rings. The average molecular weight is 337 g/mol.